The van der Waals surface area contributed by atoms with Gasteiger partial charge < -0.3 is 5.32 Å². The first kappa shape index (κ1) is 16.9. The molecular weight excluding hydrogens is 284 g/mol. The zero-order valence-corrected chi connectivity index (χ0v) is 12.7. The van der Waals surface area contributed by atoms with Gasteiger partial charge in [0.25, 0.3) is 0 Å². The van der Waals surface area contributed by atoms with E-state index in [1.165, 1.54) is 4.31 Å². The summed E-state index contributed by atoms with van der Waals surface area (Å²) in [7, 11) is -3.16. The van der Waals surface area contributed by atoms with Crippen LogP contribution >= 0.6 is 0 Å². The third-order valence-electron chi connectivity index (χ3n) is 3.05. The summed E-state index contributed by atoms with van der Waals surface area (Å²) in [6.45, 7) is 5.65. The first-order valence-corrected chi connectivity index (χ1v) is 8.27. The van der Waals surface area contributed by atoms with E-state index in [-0.39, 0.29) is 18.2 Å². The predicted octanol–water partition coefficient (Wildman–Crippen LogP) is -1.20. The third-order valence-corrected chi connectivity index (χ3v) is 4.93. The van der Waals surface area contributed by atoms with E-state index >= 15 is 0 Å². The van der Waals surface area contributed by atoms with Gasteiger partial charge >= 0.3 is 6.03 Å². The van der Waals surface area contributed by atoms with Crippen LogP contribution in [0.15, 0.2) is 0 Å². The lowest BCUT2D eigenvalue weighted by atomic mass is 10.3. The molecule has 0 aromatic heterocycles. The first-order valence-electron chi connectivity index (χ1n) is 6.67. The number of carbonyl (C=O) groups excluding carboxylic acids is 2. The Kier molecular flexibility index (Phi) is 6.37. The van der Waals surface area contributed by atoms with Crippen LogP contribution in [0.3, 0.4) is 0 Å². The van der Waals surface area contributed by atoms with Crippen LogP contribution in [0.2, 0.25) is 0 Å². The van der Waals surface area contributed by atoms with Gasteiger partial charge in [0.15, 0.2) is 0 Å². The minimum Gasteiger partial charge on any atom is -0.338 e. The van der Waals surface area contributed by atoms with Crippen molar-refractivity contribution in [3.63, 3.8) is 0 Å². The summed E-state index contributed by atoms with van der Waals surface area (Å²) in [5, 5.41) is 4.69. The molecule has 0 aromatic rings. The van der Waals surface area contributed by atoms with E-state index in [2.05, 4.69) is 10.6 Å². The highest BCUT2D eigenvalue weighted by atomic mass is 32.2. The van der Waals surface area contributed by atoms with Crippen molar-refractivity contribution in [2.75, 3.05) is 45.0 Å². The Hall–Kier alpha value is -1.19. The Balaban J connectivity index is 2.36. The molecule has 1 rings (SSSR count). The Morgan fingerprint density at radius 3 is 2.20 bits per heavy atom. The lowest BCUT2D eigenvalue weighted by Gasteiger charge is -2.33. The lowest BCUT2D eigenvalue weighted by molar-refractivity contribution is -0.121. The van der Waals surface area contributed by atoms with Crippen LogP contribution in [0.4, 0.5) is 4.79 Å². The molecule has 1 fully saturated rings. The smallest absolute Gasteiger partial charge is 0.321 e. The van der Waals surface area contributed by atoms with Gasteiger partial charge in [-0.3, -0.25) is 15.0 Å². The summed E-state index contributed by atoms with van der Waals surface area (Å²) in [6, 6.07) is -0.510. The minimum absolute atomic E-state index is 0.0880. The molecule has 0 spiro atoms. The van der Waals surface area contributed by atoms with Crippen LogP contribution in [0.1, 0.15) is 13.8 Å². The Morgan fingerprint density at radius 1 is 1.10 bits per heavy atom. The van der Waals surface area contributed by atoms with Crippen molar-refractivity contribution in [1.82, 2.24) is 19.8 Å². The van der Waals surface area contributed by atoms with Crippen LogP contribution < -0.4 is 10.6 Å². The molecule has 0 aliphatic carbocycles. The highest BCUT2D eigenvalue weighted by Crippen LogP contribution is 2.07. The van der Waals surface area contributed by atoms with Crippen LogP contribution in [0, 0.1) is 0 Å². The molecule has 0 unspecified atom stereocenters. The van der Waals surface area contributed by atoms with Gasteiger partial charge in [0.05, 0.1) is 12.3 Å². The van der Waals surface area contributed by atoms with E-state index in [1.807, 2.05) is 4.90 Å². The fraction of sp³-hybridized carbons (Fsp3) is 0.818. The number of sulfonamides is 1. The molecule has 1 saturated heterocycles. The van der Waals surface area contributed by atoms with Gasteiger partial charge in [0.2, 0.25) is 15.9 Å². The van der Waals surface area contributed by atoms with Gasteiger partial charge in [-0.05, 0) is 13.8 Å². The molecule has 9 heteroatoms. The van der Waals surface area contributed by atoms with E-state index in [1.54, 1.807) is 13.8 Å². The molecule has 0 saturated carbocycles. The highest BCUT2D eigenvalue weighted by molar-refractivity contribution is 7.89. The number of piperazine rings is 1. The average Bonchev–Trinajstić information content (AvgIpc) is 2.39. The number of nitrogens with zero attached hydrogens (tertiary/aromatic N) is 2. The quantitative estimate of drug-likeness (QED) is 0.665. The second kappa shape index (κ2) is 7.55. The van der Waals surface area contributed by atoms with Crippen molar-refractivity contribution >= 4 is 22.0 Å². The van der Waals surface area contributed by atoms with Crippen molar-refractivity contribution in [1.29, 1.82) is 0 Å². The summed E-state index contributed by atoms with van der Waals surface area (Å²) in [6.07, 6.45) is 0. The van der Waals surface area contributed by atoms with Gasteiger partial charge in [0.1, 0.15) is 0 Å². The number of rotatable bonds is 5. The molecule has 1 heterocycles. The fourth-order valence-electron chi connectivity index (χ4n) is 1.92. The SMILES string of the molecule is CCNC(=O)NC(=O)CN1CCN(S(=O)(=O)CC)CC1. The molecular formula is C11H22N4O4S. The maximum atomic E-state index is 11.7. The molecule has 1 aliphatic rings. The molecule has 20 heavy (non-hydrogen) atoms. The molecule has 0 aromatic carbocycles. The van der Waals surface area contributed by atoms with Crippen molar-refractivity contribution in [2.24, 2.45) is 0 Å². The van der Waals surface area contributed by atoms with E-state index in [4.69, 9.17) is 0 Å². The van der Waals surface area contributed by atoms with Crippen LogP contribution in [-0.4, -0.2) is 74.6 Å². The Labute approximate surface area is 119 Å². The van der Waals surface area contributed by atoms with Gasteiger partial charge in [0, 0.05) is 32.7 Å². The maximum absolute atomic E-state index is 11.7. The van der Waals surface area contributed by atoms with E-state index < -0.39 is 16.1 Å². The van der Waals surface area contributed by atoms with Gasteiger partial charge in [-0.2, -0.15) is 4.31 Å². The predicted molar refractivity (Wildman–Crippen MR) is 74.7 cm³/mol. The number of amides is 3. The number of hydrogen-bond donors (Lipinski definition) is 2. The average molecular weight is 306 g/mol. The molecule has 116 valence electrons. The number of carbonyl (C=O) groups is 2. The molecule has 2 N–H and O–H groups in total. The molecule has 0 atom stereocenters. The zero-order chi connectivity index (χ0) is 15.2. The van der Waals surface area contributed by atoms with Gasteiger partial charge in [-0.15, -0.1) is 0 Å². The number of hydrogen-bond acceptors (Lipinski definition) is 5. The molecule has 1 aliphatic heterocycles. The molecule has 3 amide bonds. The summed E-state index contributed by atoms with van der Waals surface area (Å²) in [5.74, 6) is -0.298. The van der Waals surface area contributed by atoms with E-state index in [0.717, 1.165) is 0 Å². The van der Waals surface area contributed by atoms with E-state index in [0.29, 0.717) is 32.7 Å². The molecule has 0 radical (unpaired) electrons. The van der Waals surface area contributed by atoms with Crippen molar-refractivity contribution in [3.05, 3.63) is 0 Å². The summed E-state index contributed by atoms with van der Waals surface area (Å²) < 4.78 is 24.8. The fourth-order valence-corrected chi connectivity index (χ4v) is 3.01. The number of imide groups is 1. The van der Waals surface area contributed by atoms with Crippen LogP contribution in [0.5, 0.6) is 0 Å². The van der Waals surface area contributed by atoms with E-state index in [9.17, 15) is 18.0 Å². The summed E-state index contributed by atoms with van der Waals surface area (Å²) >= 11 is 0. The standard InChI is InChI=1S/C11H22N4O4S/c1-3-12-11(17)13-10(16)9-14-5-7-15(8-6-14)20(18,19)4-2/h3-9H2,1-2H3,(H2,12,13,16,17). The second-order valence-corrected chi connectivity index (χ2v) is 6.74. The topological polar surface area (TPSA) is 98.8 Å². The largest absolute Gasteiger partial charge is 0.338 e. The van der Waals surface area contributed by atoms with Crippen LogP contribution in [0.25, 0.3) is 0 Å². The van der Waals surface area contributed by atoms with Crippen molar-refractivity contribution in [3.8, 4) is 0 Å². The Bertz CT molecular complexity index is 443. The zero-order valence-electron chi connectivity index (χ0n) is 11.9. The number of nitrogens with one attached hydrogen (secondary N) is 2. The minimum atomic E-state index is -3.16. The van der Waals surface area contributed by atoms with Gasteiger partial charge in [-0.25, -0.2) is 13.2 Å². The van der Waals surface area contributed by atoms with Gasteiger partial charge in [-0.1, -0.05) is 0 Å². The Morgan fingerprint density at radius 2 is 1.70 bits per heavy atom. The molecule has 8 nitrogen and oxygen atoms in total. The monoisotopic (exact) mass is 306 g/mol. The summed E-state index contributed by atoms with van der Waals surface area (Å²) in [4.78, 5) is 24.6. The first-order chi connectivity index (χ1) is 9.39. The van der Waals surface area contributed by atoms with Crippen molar-refractivity contribution < 1.29 is 18.0 Å². The second-order valence-electron chi connectivity index (χ2n) is 4.48. The normalized spacial score (nSPS) is 17.7. The maximum Gasteiger partial charge on any atom is 0.321 e. The number of urea groups is 1. The van der Waals surface area contributed by atoms with Crippen LogP contribution in [-0.2, 0) is 14.8 Å². The highest BCUT2D eigenvalue weighted by Gasteiger charge is 2.26. The lowest BCUT2D eigenvalue weighted by Crippen LogP contribution is -2.52. The summed E-state index contributed by atoms with van der Waals surface area (Å²) in [5.41, 5.74) is 0. The van der Waals surface area contributed by atoms with Crippen molar-refractivity contribution in [2.45, 2.75) is 13.8 Å². The third kappa shape index (κ3) is 5.06. The molecule has 0 bridgehead atoms.